The van der Waals surface area contributed by atoms with E-state index < -0.39 is 23.9 Å². The minimum absolute atomic E-state index is 0.140. The maximum atomic E-state index is 13.0. The SMILES string of the molecule is CN(C)c1cc(-c2cccc(OC(F)(F)F)c2)cc(C(F)(F)F)c1. The zero-order valence-corrected chi connectivity index (χ0v) is 12.7. The van der Waals surface area contributed by atoms with Crippen LogP contribution in [0.5, 0.6) is 5.75 Å². The Morgan fingerprint density at radius 2 is 1.50 bits per heavy atom. The summed E-state index contributed by atoms with van der Waals surface area (Å²) in [7, 11) is 3.14. The highest BCUT2D eigenvalue weighted by Crippen LogP contribution is 2.36. The first-order valence-electron chi connectivity index (χ1n) is 6.71. The van der Waals surface area contributed by atoms with Gasteiger partial charge in [0.25, 0.3) is 0 Å². The Morgan fingerprint density at radius 1 is 0.833 bits per heavy atom. The third-order valence-electron chi connectivity index (χ3n) is 3.16. The van der Waals surface area contributed by atoms with Crippen LogP contribution < -0.4 is 9.64 Å². The van der Waals surface area contributed by atoms with Crippen LogP contribution in [0.2, 0.25) is 0 Å². The topological polar surface area (TPSA) is 12.5 Å². The van der Waals surface area contributed by atoms with Gasteiger partial charge in [-0.25, -0.2) is 0 Å². The first-order chi connectivity index (χ1) is 11.0. The van der Waals surface area contributed by atoms with Crippen molar-refractivity contribution in [3.63, 3.8) is 0 Å². The molecule has 0 unspecified atom stereocenters. The molecular weight excluding hydrogens is 336 g/mol. The molecule has 2 rings (SSSR count). The highest BCUT2D eigenvalue weighted by Gasteiger charge is 2.32. The normalized spacial score (nSPS) is 12.2. The van der Waals surface area contributed by atoms with Gasteiger partial charge in [0.2, 0.25) is 0 Å². The van der Waals surface area contributed by atoms with Crippen LogP contribution in [0.4, 0.5) is 32.0 Å². The fourth-order valence-electron chi connectivity index (χ4n) is 2.07. The number of benzene rings is 2. The molecule has 2 aromatic carbocycles. The predicted octanol–water partition coefficient (Wildman–Crippen LogP) is 5.34. The van der Waals surface area contributed by atoms with Crippen molar-refractivity contribution in [3.05, 3.63) is 48.0 Å². The second-order valence-corrected chi connectivity index (χ2v) is 5.24. The van der Waals surface area contributed by atoms with E-state index in [0.29, 0.717) is 0 Å². The molecule has 0 bridgehead atoms. The van der Waals surface area contributed by atoms with E-state index in [0.717, 1.165) is 24.3 Å². The molecule has 0 fully saturated rings. The molecule has 0 aromatic heterocycles. The van der Waals surface area contributed by atoms with E-state index >= 15 is 0 Å². The number of halogens is 6. The van der Waals surface area contributed by atoms with E-state index in [2.05, 4.69) is 4.74 Å². The van der Waals surface area contributed by atoms with E-state index in [1.165, 1.54) is 23.1 Å². The van der Waals surface area contributed by atoms with Crippen LogP contribution in [0.3, 0.4) is 0 Å². The van der Waals surface area contributed by atoms with Crippen molar-refractivity contribution in [3.8, 4) is 16.9 Å². The van der Waals surface area contributed by atoms with Crippen LogP contribution in [-0.2, 0) is 6.18 Å². The van der Waals surface area contributed by atoms with Crippen LogP contribution >= 0.6 is 0 Å². The van der Waals surface area contributed by atoms with Crippen LogP contribution in [0, 0.1) is 0 Å². The molecule has 0 aliphatic rings. The van der Waals surface area contributed by atoms with Crippen LogP contribution in [0.1, 0.15) is 5.56 Å². The van der Waals surface area contributed by atoms with Gasteiger partial charge in [-0.2, -0.15) is 13.2 Å². The highest BCUT2D eigenvalue weighted by molar-refractivity contribution is 5.71. The fraction of sp³-hybridized carbons (Fsp3) is 0.250. The van der Waals surface area contributed by atoms with E-state index in [4.69, 9.17) is 0 Å². The van der Waals surface area contributed by atoms with Crippen molar-refractivity contribution in [2.75, 3.05) is 19.0 Å². The first-order valence-corrected chi connectivity index (χ1v) is 6.71. The van der Waals surface area contributed by atoms with Gasteiger partial charge in [0.1, 0.15) is 5.75 Å². The average molecular weight is 349 g/mol. The average Bonchev–Trinajstić information content (AvgIpc) is 2.44. The Hall–Kier alpha value is -2.38. The predicted molar refractivity (Wildman–Crippen MR) is 77.9 cm³/mol. The summed E-state index contributed by atoms with van der Waals surface area (Å²) < 4.78 is 79.8. The Morgan fingerprint density at radius 3 is 2.04 bits per heavy atom. The zero-order chi connectivity index (χ0) is 18.1. The lowest BCUT2D eigenvalue weighted by Crippen LogP contribution is -2.17. The molecule has 0 atom stereocenters. The van der Waals surface area contributed by atoms with E-state index in [1.807, 2.05) is 0 Å². The third kappa shape index (κ3) is 4.56. The number of nitrogens with zero attached hydrogens (tertiary/aromatic N) is 1. The molecule has 0 aliphatic carbocycles. The Kier molecular flexibility index (Phi) is 4.68. The third-order valence-corrected chi connectivity index (χ3v) is 3.16. The summed E-state index contributed by atoms with van der Waals surface area (Å²) in [5.74, 6) is -0.496. The summed E-state index contributed by atoms with van der Waals surface area (Å²) in [4.78, 5) is 1.48. The molecule has 24 heavy (non-hydrogen) atoms. The molecule has 130 valence electrons. The molecule has 8 heteroatoms. The lowest BCUT2D eigenvalue weighted by atomic mass is 10.0. The summed E-state index contributed by atoms with van der Waals surface area (Å²) >= 11 is 0. The lowest BCUT2D eigenvalue weighted by Gasteiger charge is -2.18. The van der Waals surface area contributed by atoms with Gasteiger partial charge in [0, 0.05) is 19.8 Å². The molecule has 0 radical (unpaired) electrons. The number of rotatable bonds is 3. The molecule has 0 saturated carbocycles. The minimum Gasteiger partial charge on any atom is -0.406 e. The molecule has 0 heterocycles. The van der Waals surface area contributed by atoms with Gasteiger partial charge < -0.3 is 9.64 Å². The number of hydrogen-bond acceptors (Lipinski definition) is 2. The molecule has 2 aromatic rings. The van der Waals surface area contributed by atoms with Gasteiger partial charge in [0.15, 0.2) is 0 Å². The van der Waals surface area contributed by atoms with Crippen molar-refractivity contribution >= 4 is 5.69 Å². The minimum atomic E-state index is -4.87. The number of anilines is 1. The summed E-state index contributed by atoms with van der Waals surface area (Å²) in [5, 5.41) is 0. The lowest BCUT2D eigenvalue weighted by molar-refractivity contribution is -0.274. The number of hydrogen-bond donors (Lipinski definition) is 0. The molecule has 0 aliphatic heterocycles. The van der Waals surface area contributed by atoms with Gasteiger partial charge >= 0.3 is 12.5 Å². The van der Waals surface area contributed by atoms with Crippen molar-refractivity contribution in [1.29, 1.82) is 0 Å². The summed E-state index contributed by atoms with van der Waals surface area (Å²) in [6.45, 7) is 0. The van der Waals surface area contributed by atoms with E-state index in [9.17, 15) is 26.3 Å². The van der Waals surface area contributed by atoms with Crippen molar-refractivity contribution in [2.45, 2.75) is 12.5 Å². The second kappa shape index (κ2) is 6.26. The number of ether oxygens (including phenoxy) is 1. The van der Waals surface area contributed by atoms with E-state index in [1.54, 1.807) is 14.1 Å². The highest BCUT2D eigenvalue weighted by atomic mass is 19.4. The van der Waals surface area contributed by atoms with Crippen molar-refractivity contribution in [1.82, 2.24) is 0 Å². The Bertz CT molecular complexity index is 721. The maximum absolute atomic E-state index is 13.0. The second-order valence-electron chi connectivity index (χ2n) is 5.24. The summed E-state index contributed by atoms with van der Waals surface area (Å²) in [5.41, 5.74) is -0.278. The summed E-state index contributed by atoms with van der Waals surface area (Å²) in [6.07, 6.45) is -9.44. The maximum Gasteiger partial charge on any atom is 0.573 e. The molecule has 0 spiro atoms. The Balaban J connectivity index is 2.52. The standard InChI is InChI=1S/C16H13F6NO/c1-23(2)13-7-11(6-12(9-13)15(17,18)19)10-4-3-5-14(8-10)24-16(20,21)22/h3-9H,1-2H3. The first kappa shape index (κ1) is 18.0. The van der Waals surface area contributed by atoms with E-state index in [-0.39, 0.29) is 16.8 Å². The molecule has 2 nitrogen and oxygen atoms in total. The van der Waals surface area contributed by atoms with Gasteiger partial charge in [0.05, 0.1) is 5.56 Å². The van der Waals surface area contributed by atoms with Crippen LogP contribution in [0.25, 0.3) is 11.1 Å². The largest absolute Gasteiger partial charge is 0.573 e. The zero-order valence-electron chi connectivity index (χ0n) is 12.7. The van der Waals surface area contributed by atoms with Gasteiger partial charge in [-0.05, 0) is 41.5 Å². The fourth-order valence-corrected chi connectivity index (χ4v) is 2.07. The monoisotopic (exact) mass is 349 g/mol. The molecule has 0 N–H and O–H groups in total. The van der Waals surface area contributed by atoms with Crippen molar-refractivity contribution in [2.24, 2.45) is 0 Å². The molecule has 0 amide bonds. The Labute approximate surface area is 134 Å². The molecular formula is C16H13F6NO. The quantitative estimate of drug-likeness (QED) is 0.694. The molecule has 0 saturated heterocycles. The van der Waals surface area contributed by atoms with Crippen LogP contribution in [-0.4, -0.2) is 20.5 Å². The van der Waals surface area contributed by atoms with Crippen LogP contribution in [0.15, 0.2) is 42.5 Å². The van der Waals surface area contributed by atoms with Gasteiger partial charge in [-0.1, -0.05) is 12.1 Å². The van der Waals surface area contributed by atoms with Crippen molar-refractivity contribution < 1.29 is 31.1 Å². The summed E-state index contributed by atoms with van der Waals surface area (Å²) in [6, 6.07) is 8.14. The van der Waals surface area contributed by atoms with Gasteiger partial charge in [-0.3, -0.25) is 0 Å². The smallest absolute Gasteiger partial charge is 0.406 e. The number of alkyl halides is 6. The van der Waals surface area contributed by atoms with Gasteiger partial charge in [-0.15, -0.1) is 13.2 Å².